The first-order valence-corrected chi connectivity index (χ1v) is 10.9. The zero-order chi connectivity index (χ0) is 23.5. The van der Waals surface area contributed by atoms with Crippen LogP contribution in [0.25, 0.3) is 0 Å². The summed E-state index contributed by atoms with van der Waals surface area (Å²) in [7, 11) is 1.68. The molecule has 0 fully saturated rings. The van der Waals surface area contributed by atoms with Crippen LogP contribution >= 0.6 is 46.6 Å². The fourth-order valence-electron chi connectivity index (χ4n) is 2.44. The van der Waals surface area contributed by atoms with Gasteiger partial charge in [0.2, 0.25) is 5.91 Å². The van der Waals surface area contributed by atoms with Gasteiger partial charge in [-0.05, 0) is 30.3 Å². The number of aromatic nitrogens is 3. The summed E-state index contributed by atoms with van der Waals surface area (Å²) in [5, 5.41) is 11.6. The van der Waals surface area contributed by atoms with Crippen molar-refractivity contribution in [2.24, 2.45) is 7.05 Å². The Hall–Kier alpha value is -2.14. The van der Waals surface area contributed by atoms with Crippen LogP contribution in [0.3, 0.4) is 0 Å². The van der Waals surface area contributed by atoms with E-state index in [1.54, 1.807) is 29.8 Å². The van der Waals surface area contributed by atoms with E-state index in [1.165, 1.54) is 0 Å². The molecule has 1 amide bonds. The Labute approximate surface area is 200 Å². The Morgan fingerprint density at radius 1 is 1.12 bits per heavy atom. The Kier molecular flexibility index (Phi) is 7.81. The fourth-order valence-corrected chi connectivity index (χ4v) is 3.67. The van der Waals surface area contributed by atoms with Crippen molar-refractivity contribution in [2.75, 3.05) is 11.1 Å². The van der Waals surface area contributed by atoms with Crippen LogP contribution in [0.4, 0.5) is 18.9 Å². The summed E-state index contributed by atoms with van der Waals surface area (Å²) in [6, 6.07) is 7.50. The summed E-state index contributed by atoms with van der Waals surface area (Å²) < 4.78 is 45.8. The van der Waals surface area contributed by atoms with E-state index in [-0.39, 0.29) is 23.1 Å². The molecule has 1 N–H and O–H groups in total. The van der Waals surface area contributed by atoms with Crippen molar-refractivity contribution in [3.05, 3.63) is 62.9 Å². The molecule has 13 heteroatoms. The van der Waals surface area contributed by atoms with Gasteiger partial charge < -0.3 is 14.6 Å². The summed E-state index contributed by atoms with van der Waals surface area (Å²) in [5.74, 6) is 0.167. The summed E-state index contributed by atoms with van der Waals surface area (Å²) in [6.45, 7) is 0.0517. The van der Waals surface area contributed by atoms with Gasteiger partial charge in [-0.3, -0.25) is 4.79 Å². The van der Waals surface area contributed by atoms with Crippen LogP contribution in [0, 0.1) is 0 Å². The smallest absolute Gasteiger partial charge is 0.416 e. The Morgan fingerprint density at radius 3 is 2.56 bits per heavy atom. The second-order valence-corrected chi connectivity index (χ2v) is 8.54. The zero-order valence-electron chi connectivity index (χ0n) is 16.2. The van der Waals surface area contributed by atoms with Crippen LogP contribution < -0.4 is 10.1 Å². The minimum atomic E-state index is -4.55. The SMILES string of the molecule is Cn1c(COc2cc(Cl)ccc2Cl)nnc1SCC(=O)Nc1cc(C(F)(F)F)ccc1Cl. The molecule has 170 valence electrons. The number of nitrogens with zero attached hydrogens (tertiary/aromatic N) is 3. The maximum absolute atomic E-state index is 12.9. The number of hydrogen-bond donors (Lipinski definition) is 1. The molecule has 32 heavy (non-hydrogen) atoms. The second-order valence-electron chi connectivity index (χ2n) is 6.35. The average molecular weight is 526 g/mol. The predicted octanol–water partition coefficient (Wildman–Crippen LogP) is 6.10. The van der Waals surface area contributed by atoms with Gasteiger partial charge in [0.1, 0.15) is 12.4 Å². The molecule has 0 aliphatic heterocycles. The third-order valence-electron chi connectivity index (χ3n) is 4.08. The van der Waals surface area contributed by atoms with Gasteiger partial charge in [-0.1, -0.05) is 46.6 Å². The largest absolute Gasteiger partial charge is 0.484 e. The van der Waals surface area contributed by atoms with Gasteiger partial charge in [0.25, 0.3) is 0 Å². The number of nitrogens with one attached hydrogen (secondary N) is 1. The lowest BCUT2D eigenvalue weighted by atomic mass is 10.2. The van der Waals surface area contributed by atoms with Crippen molar-refractivity contribution in [2.45, 2.75) is 17.9 Å². The van der Waals surface area contributed by atoms with E-state index in [1.807, 2.05) is 0 Å². The van der Waals surface area contributed by atoms with E-state index in [2.05, 4.69) is 15.5 Å². The van der Waals surface area contributed by atoms with Crippen LogP contribution in [0.15, 0.2) is 41.6 Å². The lowest BCUT2D eigenvalue weighted by molar-refractivity contribution is -0.137. The molecule has 1 heterocycles. The molecule has 0 spiro atoms. The van der Waals surface area contributed by atoms with Crippen molar-refractivity contribution < 1.29 is 22.7 Å². The number of carbonyl (C=O) groups is 1. The molecule has 1 aromatic heterocycles. The van der Waals surface area contributed by atoms with Crippen molar-refractivity contribution in [3.8, 4) is 5.75 Å². The van der Waals surface area contributed by atoms with Crippen molar-refractivity contribution in [3.63, 3.8) is 0 Å². The topological polar surface area (TPSA) is 69.0 Å². The molecule has 0 saturated carbocycles. The zero-order valence-corrected chi connectivity index (χ0v) is 19.3. The molecular weight excluding hydrogens is 512 g/mol. The van der Waals surface area contributed by atoms with Gasteiger partial charge in [0, 0.05) is 18.1 Å². The first-order valence-electron chi connectivity index (χ1n) is 8.80. The van der Waals surface area contributed by atoms with Gasteiger partial charge in [0.15, 0.2) is 11.0 Å². The number of amides is 1. The third kappa shape index (κ3) is 6.22. The highest BCUT2D eigenvalue weighted by Crippen LogP contribution is 2.34. The fraction of sp³-hybridized carbons (Fsp3) is 0.211. The third-order valence-corrected chi connectivity index (χ3v) is 5.97. The molecule has 2 aromatic carbocycles. The minimum Gasteiger partial charge on any atom is -0.484 e. The molecular formula is C19H14Cl3F3N4O2S. The highest BCUT2D eigenvalue weighted by molar-refractivity contribution is 7.99. The van der Waals surface area contributed by atoms with Gasteiger partial charge in [0.05, 0.1) is 27.0 Å². The Morgan fingerprint density at radius 2 is 1.84 bits per heavy atom. The molecule has 3 aromatic rings. The molecule has 0 aliphatic rings. The molecule has 0 saturated heterocycles. The number of halogens is 6. The molecule has 0 atom stereocenters. The van der Waals surface area contributed by atoms with Crippen molar-refractivity contribution in [1.82, 2.24) is 14.8 Å². The van der Waals surface area contributed by atoms with E-state index >= 15 is 0 Å². The van der Waals surface area contributed by atoms with Gasteiger partial charge in [-0.25, -0.2) is 0 Å². The monoisotopic (exact) mass is 524 g/mol. The molecule has 6 nitrogen and oxygen atoms in total. The quantitative estimate of drug-likeness (QED) is 0.377. The number of carbonyl (C=O) groups excluding carboxylic acids is 1. The number of hydrogen-bond acceptors (Lipinski definition) is 5. The number of thioether (sulfide) groups is 1. The molecule has 3 rings (SSSR count). The average Bonchev–Trinajstić information content (AvgIpc) is 3.07. The predicted molar refractivity (Wildman–Crippen MR) is 118 cm³/mol. The number of ether oxygens (including phenoxy) is 1. The van der Waals surface area contributed by atoms with Crippen molar-refractivity contribution >= 4 is 58.2 Å². The molecule has 0 bridgehead atoms. The van der Waals surface area contributed by atoms with Gasteiger partial charge in [-0.2, -0.15) is 13.2 Å². The van der Waals surface area contributed by atoms with Crippen molar-refractivity contribution in [1.29, 1.82) is 0 Å². The van der Waals surface area contributed by atoms with E-state index in [0.717, 1.165) is 30.0 Å². The van der Waals surface area contributed by atoms with Gasteiger partial charge >= 0.3 is 6.18 Å². The van der Waals surface area contributed by atoms with Crippen LogP contribution in [-0.4, -0.2) is 26.4 Å². The molecule has 0 radical (unpaired) electrons. The first kappa shape index (κ1) is 24.5. The second kappa shape index (κ2) is 10.2. The van der Waals surface area contributed by atoms with E-state index in [4.69, 9.17) is 39.5 Å². The van der Waals surface area contributed by atoms with Crippen LogP contribution in [0.2, 0.25) is 15.1 Å². The maximum atomic E-state index is 12.9. The van der Waals surface area contributed by atoms with Crippen LogP contribution in [0.5, 0.6) is 5.75 Å². The summed E-state index contributed by atoms with van der Waals surface area (Å²) in [5.41, 5.74) is -1.04. The van der Waals surface area contributed by atoms with Crippen LogP contribution in [0.1, 0.15) is 11.4 Å². The number of alkyl halides is 3. The minimum absolute atomic E-state index is 0.00544. The number of rotatable bonds is 7. The Bertz CT molecular complexity index is 1140. The number of benzene rings is 2. The lowest BCUT2D eigenvalue weighted by Gasteiger charge is -2.11. The standard InChI is InChI=1S/C19H14Cl3F3N4O2S/c1-29-16(8-31-15-7-11(20)3-5-13(15)22)27-28-18(29)32-9-17(30)26-14-6-10(19(23,24)25)2-4-12(14)21/h2-7H,8-9H2,1H3,(H,26,30). The van der Waals surface area contributed by atoms with Crippen LogP contribution in [-0.2, 0) is 24.6 Å². The Balaban J connectivity index is 1.59. The number of anilines is 1. The normalized spacial score (nSPS) is 11.5. The first-order chi connectivity index (χ1) is 15.0. The highest BCUT2D eigenvalue weighted by atomic mass is 35.5. The van der Waals surface area contributed by atoms with E-state index < -0.39 is 17.6 Å². The molecule has 0 unspecified atom stereocenters. The summed E-state index contributed by atoms with van der Waals surface area (Å²) >= 11 is 18.9. The summed E-state index contributed by atoms with van der Waals surface area (Å²) in [4.78, 5) is 12.2. The maximum Gasteiger partial charge on any atom is 0.416 e. The molecule has 0 aliphatic carbocycles. The lowest BCUT2D eigenvalue weighted by Crippen LogP contribution is -2.16. The van der Waals surface area contributed by atoms with E-state index in [9.17, 15) is 18.0 Å². The van der Waals surface area contributed by atoms with Gasteiger partial charge in [-0.15, -0.1) is 10.2 Å². The van der Waals surface area contributed by atoms with E-state index in [0.29, 0.717) is 26.8 Å². The summed E-state index contributed by atoms with van der Waals surface area (Å²) in [6.07, 6.45) is -4.55. The highest BCUT2D eigenvalue weighted by Gasteiger charge is 2.31.